The van der Waals surface area contributed by atoms with Gasteiger partial charge in [-0.05, 0) is 42.8 Å². The van der Waals surface area contributed by atoms with E-state index in [-0.39, 0.29) is 29.9 Å². The first-order valence-electron chi connectivity index (χ1n) is 8.59. The van der Waals surface area contributed by atoms with Gasteiger partial charge in [0.05, 0.1) is 6.54 Å². The number of nitrogens with zero attached hydrogens (tertiary/aromatic N) is 1. The first-order chi connectivity index (χ1) is 12.3. The Balaban J connectivity index is 0.00000364. The van der Waals surface area contributed by atoms with Crippen molar-refractivity contribution in [3.8, 4) is 11.8 Å². The van der Waals surface area contributed by atoms with E-state index in [0.717, 1.165) is 22.4 Å². The molecule has 0 saturated carbocycles. The Labute approximate surface area is 167 Å². The number of Topliss-reactive ketones (excluding diaryl/α,β-unsaturated/α-hetero) is 1. The molecule has 5 heteroatoms. The van der Waals surface area contributed by atoms with Crippen molar-refractivity contribution in [1.82, 2.24) is 0 Å². The molecule has 2 aromatic carbocycles. The molecule has 0 aliphatic rings. The van der Waals surface area contributed by atoms with Crippen LogP contribution in [0.15, 0.2) is 42.5 Å². The van der Waals surface area contributed by atoms with E-state index in [2.05, 4.69) is 11.8 Å². The third-order valence-electron chi connectivity index (χ3n) is 4.16. The van der Waals surface area contributed by atoms with Gasteiger partial charge in [-0.25, -0.2) is 0 Å². The molecule has 2 aromatic rings. The highest BCUT2D eigenvalue weighted by molar-refractivity contribution is 5.98. The van der Waals surface area contributed by atoms with Crippen molar-refractivity contribution in [3.05, 3.63) is 64.7 Å². The van der Waals surface area contributed by atoms with Gasteiger partial charge in [-0.1, -0.05) is 37.8 Å². The molecule has 0 radical (unpaired) electrons. The van der Waals surface area contributed by atoms with Gasteiger partial charge in [-0.3, -0.25) is 10.2 Å². The summed E-state index contributed by atoms with van der Waals surface area (Å²) in [6.07, 6.45) is 0. The van der Waals surface area contributed by atoms with Gasteiger partial charge in [0.2, 0.25) is 0 Å². The number of nitrogen functional groups attached to an aromatic ring is 1. The molecule has 0 aromatic heterocycles. The highest BCUT2D eigenvalue weighted by Gasteiger charge is 2.12. The van der Waals surface area contributed by atoms with Gasteiger partial charge in [0, 0.05) is 35.3 Å². The topological polar surface area (TPSA) is 70.2 Å². The average Bonchev–Trinajstić information content (AvgIpc) is 2.61. The molecule has 0 aliphatic heterocycles. The second kappa shape index (κ2) is 9.80. The number of carbonyl (C=O) groups is 1. The first kappa shape index (κ1) is 22.3. The highest BCUT2D eigenvalue weighted by Crippen LogP contribution is 2.16. The number of nitrogens with one attached hydrogen (secondary N) is 1. The fraction of sp³-hybridized carbons (Fsp3) is 0.273. The Kier molecular flexibility index (Phi) is 8.08. The third kappa shape index (κ3) is 5.87. The van der Waals surface area contributed by atoms with E-state index < -0.39 is 0 Å². The van der Waals surface area contributed by atoms with Crippen LogP contribution < -0.4 is 10.6 Å². The van der Waals surface area contributed by atoms with Crippen molar-refractivity contribution in [1.29, 1.82) is 5.41 Å². The smallest absolute Gasteiger partial charge is 0.165 e. The van der Waals surface area contributed by atoms with Crippen LogP contribution in [0.25, 0.3) is 0 Å². The molecule has 0 atom stereocenters. The van der Waals surface area contributed by atoms with E-state index in [1.54, 1.807) is 0 Å². The Morgan fingerprint density at radius 2 is 1.93 bits per heavy atom. The standard InChI is InChI=1S/C22H25N3O.ClH/c1-15(2)21(26)20-11-10-17(13-16(20)3)7-6-12-25(4)19-9-5-8-18(14-19)22(23)24;/h5,8-11,13-15H,12H2,1-4H3,(H3,23,24);1H. The number of ketones is 1. The summed E-state index contributed by atoms with van der Waals surface area (Å²) in [6, 6.07) is 13.2. The van der Waals surface area contributed by atoms with E-state index in [0.29, 0.717) is 12.1 Å². The number of benzene rings is 2. The summed E-state index contributed by atoms with van der Waals surface area (Å²) in [5.74, 6) is 6.51. The number of nitrogens with two attached hydrogens (primary N) is 1. The highest BCUT2D eigenvalue weighted by atomic mass is 35.5. The molecule has 0 heterocycles. The molecule has 0 unspecified atom stereocenters. The van der Waals surface area contributed by atoms with Crippen LogP contribution in [0.5, 0.6) is 0 Å². The minimum atomic E-state index is -0.00921. The zero-order valence-electron chi connectivity index (χ0n) is 16.2. The number of rotatable bonds is 5. The van der Waals surface area contributed by atoms with Crippen LogP contribution in [0.3, 0.4) is 0 Å². The van der Waals surface area contributed by atoms with Crippen LogP contribution in [0.1, 0.15) is 40.9 Å². The van der Waals surface area contributed by atoms with E-state index >= 15 is 0 Å². The third-order valence-corrected chi connectivity index (χ3v) is 4.16. The number of hydrogen-bond donors (Lipinski definition) is 2. The van der Waals surface area contributed by atoms with Crippen molar-refractivity contribution in [2.75, 3.05) is 18.5 Å². The van der Waals surface area contributed by atoms with Gasteiger partial charge in [0.25, 0.3) is 0 Å². The maximum atomic E-state index is 12.1. The van der Waals surface area contributed by atoms with E-state index in [4.69, 9.17) is 11.1 Å². The number of amidine groups is 1. The normalized spacial score (nSPS) is 9.81. The summed E-state index contributed by atoms with van der Waals surface area (Å²) < 4.78 is 0. The summed E-state index contributed by atoms with van der Waals surface area (Å²) >= 11 is 0. The Bertz CT molecular complexity index is 894. The molecule has 0 fully saturated rings. The molecular formula is C22H26ClN3O. The van der Waals surface area contributed by atoms with Gasteiger partial charge in [0.15, 0.2) is 5.78 Å². The molecule has 0 saturated heterocycles. The number of carbonyl (C=O) groups excluding carboxylic acids is 1. The van der Waals surface area contributed by atoms with Crippen LogP contribution in [0.2, 0.25) is 0 Å². The van der Waals surface area contributed by atoms with Gasteiger partial charge in [-0.2, -0.15) is 0 Å². The Morgan fingerprint density at radius 1 is 1.22 bits per heavy atom. The maximum Gasteiger partial charge on any atom is 0.165 e. The number of aryl methyl sites for hydroxylation is 1. The van der Waals surface area contributed by atoms with Crippen LogP contribution >= 0.6 is 12.4 Å². The molecule has 0 aliphatic carbocycles. The molecule has 27 heavy (non-hydrogen) atoms. The quantitative estimate of drug-likeness (QED) is 0.354. The fourth-order valence-corrected chi connectivity index (χ4v) is 2.59. The SMILES string of the molecule is Cc1cc(C#CCN(C)c2cccc(C(=N)N)c2)ccc1C(=O)C(C)C.Cl. The van der Waals surface area contributed by atoms with E-state index in [1.807, 2.05) is 75.2 Å². The molecule has 4 nitrogen and oxygen atoms in total. The van der Waals surface area contributed by atoms with E-state index in [9.17, 15) is 4.79 Å². The van der Waals surface area contributed by atoms with Crippen molar-refractivity contribution in [3.63, 3.8) is 0 Å². The number of hydrogen-bond acceptors (Lipinski definition) is 3. The van der Waals surface area contributed by atoms with Crippen LogP contribution in [0, 0.1) is 30.1 Å². The van der Waals surface area contributed by atoms with Gasteiger partial charge >= 0.3 is 0 Å². The lowest BCUT2D eigenvalue weighted by molar-refractivity contribution is 0.0939. The molecule has 0 bridgehead atoms. The van der Waals surface area contributed by atoms with Crippen LogP contribution in [-0.4, -0.2) is 25.2 Å². The second-order valence-electron chi connectivity index (χ2n) is 6.67. The largest absolute Gasteiger partial charge is 0.384 e. The summed E-state index contributed by atoms with van der Waals surface area (Å²) in [7, 11) is 1.95. The zero-order valence-corrected chi connectivity index (χ0v) is 17.0. The second-order valence-corrected chi connectivity index (χ2v) is 6.67. The van der Waals surface area contributed by atoms with E-state index in [1.165, 1.54) is 0 Å². The zero-order chi connectivity index (χ0) is 19.3. The lowest BCUT2D eigenvalue weighted by Crippen LogP contribution is -2.18. The number of halogens is 1. The summed E-state index contributed by atoms with van der Waals surface area (Å²) in [4.78, 5) is 14.1. The van der Waals surface area contributed by atoms with Crippen molar-refractivity contribution in [2.45, 2.75) is 20.8 Å². The molecule has 0 amide bonds. The summed E-state index contributed by atoms with van der Waals surface area (Å²) in [5, 5.41) is 7.52. The summed E-state index contributed by atoms with van der Waals surface area (Å²) in [5.41, 5.74) is 9.82. The minimum Gasteiger partial charge on any atom is -0.384 e. The lowest BCUT2D eigenvalue weighted by atomic mass is 9.96. The summed E-state index contributed by atoms with van der Waals surface area (Å²) in [6.45, 7) is 6.31. The Morgan fingerprint density at radius 3 is 2.52 bits per heavy atom. The monoisotopic (exact) mass is 383 g/mol. The molecule has 3 N–H and O–H groups in total. The maximum absolute atomic E-state index is 12.1. The van der Waals surface area contributed by atoms with Gasteiger partial charge in [0.1, 0.15) is 5.84 Å². The van der Waals surface area contributed by atoms with Crippen molar-refractivity contribution < 1.29 is 4.79 Å². The van der Waals surface area contributed by atoms with Crippen LogP contribution in [-0.2, 0) is 0 Å². The molecule has 2 rings (SSSR count). The average molecular weight is 384 g/mol. The number of anilines is 1. The van der Waals surface area contributed by atoms with Crippen molar-refractivity contribution >= 4 is 29.7 Å². The predicted molar refractivity (Wildman–Crippen MR) is 115 cm³/mol. The van der Waals surface area contributed by atoms with Gasteiger partial charge in [-0.15, -0.1) is 12.4 Å². The Hall–Kier alpha value is -2.77. The minimum absolute atomic E-state index is 0. The van der Waals surface area contributed by atoms with Crippen LogP contribution in [0.4, 0.5) is 5.69 Å². The lowest BCUT2D eigenvalue weighted by Gasteiger charge is -2.16. The van der Waals surface area contributed by atoms with Gasteiger partial charge < -0.3 is 10.6 Å². The molecular weight excluding hydrogens is 358 g/mol. The first-order valence-corrected chi connectivity index (χ1v) is 8.59. The van der Waals surface area contributed by atoms with Crippen molar-refractivity contribution in [2.24, 2.45) is 11.7 Å². The predicted octanol–water partition coefficient (Wildman–Crippen LogP) is 4.03. The molecule has 0 spiro atoms. The fourth-order valence-electron chi connectivity index (χ4n) is 2.59. The molecule has 142 valence electrons.